The van der Waals surface area contributed by atoms with Crippen molar-refractivity contribution in [3.63, 3.8) is 0 Å². The van der Waals surface area contributed by atoms with Gasteiger partial charge in [-0.15, -0.1) is 0 Å². The predicted molar refractivity (Wildman–Crippen MR) is 54.0 cm³/mol. The molecule has 0 aromatic rings. The lowest BCUT2D eigenvalue weighted by molar-refractivity contribution is -0.164. The molecule has 1 unspecified atom stereocenters. The van der Waals surface area contributed by atoms with Gasteiger partial charge in [0.25, 0.3) is 0 Å². The molecule has 16 heavy (non-hydrogen) atoms. The third kappa shape index (κ3) is 3.40. The lowest BCUT2D eigenvalue weighted by Gasteiger charge is -2.25. The van der Waals surface area contributed by atoms with Crippen molar-refractivity contribution in [2.45, 2.75) is 25.9 Å². The minimum atomic E-state index is -4.33. The molecule has 5 heteroatoms. The van der Waals surface area contributed by atoms with Crippen LogP contribution in [-0.2, 0) is 0 Å². The average molecular weight is 235 g/mol. The Morgan fingerprint density at radius 3 is 2.62 bits per heavy atom. The summed E-state index contributed by atoms with van der Waals surface area (Å²) in [7, 11) is 0. The van der Waals surface area contributed by atoms with Crippen LogP contribution in [0.5, 0.6) is 0 Å². The van der Waals surface area contributed by atoms with E-state index in [1.807, 2.05) is 0 Å². The van der Waals surface area contributed by atoms with E-state index in [0.29, 0.717) is 0 Å². The highest BCUT2D eigenvalue weighted by atomic mass is 19.4. The van der Waals surface area contributed by atoms with Gasteiger partial charge < -0.3 is 5.73 Å². The van der Waals surface area contributed by atoms with Crippen molar-refractivity contribution >= 4 is 0 Å². The van der Waals surface area contributed by atoms with Gasteiger partial charge in [-0.1, -0.05) is 11.6 Å². The molecule has 1 aliphatic rings. The van der Waals surface area contributed by atoms with Crippen LogP contribution in [0.2, 0.25) is 0 Å². The van der Waals surface area contributed by atoms with E-state index >= 15 is 0 Å². The fourth-order valence-electron chi connectivity index (χ4n) is 1.56. The van der Waals surface area contributed by atoms with Gasteiger partial charge in [0.2, 0.25) is 0 Å². The zero-order valence-electron chi connectivity index (χ0n) is 8.81. The second-order valence-electron chi connectivity index (χ2n) is 3.78. The summed E-state index contributed by atoms with van der Waals surface area (Å²) in [6, 6.07) is 0. The molecule has 1 atom stereocenters. The molecule has 0 aromatic carbocycles. The van der Waals surface area contributed by atoms with E-state index in [1.54, 1.807) is 0 Å². The van der Waals surface area contributed by atoms with Crippen LogP contribution in [0.4, 0.5) is 17.6 Å². The Morgan fingerprint density at radius 2 is 2.12 bits per heavy atom. The van der Waals surface area contributed by atoms with Gasteiger partial charge in [-0.3, -0.25) is 0 Å². The molecule has 1 rings (SSSR count). The van der Waals surface area contributed by atoms with Gasteiger partial charge in [0.05, 0.1) is 11.7 Å². The lowest BCUT2D eigenvalue weighted by Crippen LogP contribution is -2.28. The molecule has 0 saturated heterocycles. The Labute approximate surface area is 91.3 Å². The Kier molecular flexibility index (Phi) is 3.78. The van der Waals surface area contributed by atoms with Crippen LogP contribution in [0.15, 0.2) is 35.3 Å². The molecule has 0 bridgehead atoms. The van der Waals surface area contributed by atoms with Crippen LogP contribution < -0.4 is 5.73 Å². The maximum Gasteiger partial charge on any atom is 0.395 e. The first-order valence-electron chi connectivity index (χ1n) is 4.84. The highest BCUT2D eigenvalue weighted by molar-refractivity contribution is 5.28. The zero-order valence-corrected chi connectivity index (χ0v) is 8.81. The van der Waals surface area contributed by atoms with E-state index in [-0.39, 0.29) is 24.1 Å². The smallest absolute Gasteiger partial charge is 0.395 e. The molecule has 1 nitrogen and oxygen atoms in total. The van der Waals surface area contributed by atoms with Crippen molar-refractivity contribution in [1.29, 1.82) is 0 Å². The van der Waals surface area contributed by atoms with Gasteiger partial charge in [0.1, 0.15) is 0 Å². The van der Waals surface area contributed by atoms with Crippen molar-refractivity contribution in [1.82, 2.24) is 0 Å². The lowest BCUT2D eigenvalue weighted by atomic mass is 9.87. The maximum absolute atomic E-state index is 12.7. The summed E-state index contributed by atoms with van der Waals surface area (Å²) in [6.07, 6.45) is -0.692. The average Bonchev–Trinajstić information content (AvgIpc) is 2.14. The number of nitrogens with two attached hydrogens (primary N) is 1. The quantitative estimate of drug-likeness (QED) is 0.727. The first kappa shape index (κ1) is 12.8. The highest BCUT2D eigenvalue weighted by Crippen LogP contribution is 2.39. The molecule has 0 aliphatic heterocycles. The number of alkyl halides is 3. The molecule has 0 radical (unpaired) electrons. The Bertz CT molecular complexity index is 345. The third-order valence-corrected chi connectivity index (χ3v) is 2.41. The Morgan fingerprint density at radius 1 is 1.50 bits per heavy atom. The number of hydrogen-bond acceptors (Lipinski definition) is 1. The summed E-state index contributed by atoms with van der Waals surface area (Å²) in [5.41, 5.74) is 5.72. The monoisotopic (exact) mass is 235 g/mol. The van der Waals surface area contributed by atoms with Crippen molar-refractivity contribution < 1.29 is 17.6 Å². The molecule has 0 spiro atoms. The van der Waals surface area contributed by atoms with Crippen LogP contribution in [0.1, 0.15) is 19.8 Å². The summed E-state index contributed by atoms with van der Waals surface area (Å²) in [5, 5.41) is 0. The molecular weight excluding hydrogens is 222 g/mol. The van der Waals surface area contributed by atoms with E-state index < -0.39 is 17.9 Å². The van der Waals surface area contributed by atoms with Crippen LogP contribution in [0, 0.1) is 5.92 Å². The number of rotatable bonds is 2. The molecule has 0 saturated carbocycles. The number of halogens is 4. The van der Waals surface area contributed by atoms with Crippen molar-refractivity contribution in [3.8, 4) is 0 Å². The predicted octanol–water partition coefficient (Wildman–Crippen LogP) is 3.60. The van der Waals surface area contributed by atoms with E-state index in [4.69, 9.17) is 5.73 Å². The molecule has 90 valence electrons. The molecule has 1 aliphatic carbocycles. The number of allylic oxidation sites excluding steroid dienone is 6. The largest absolute Gasteiger partial charge is 0.402 e. The van der Waals surface area contributed by atoms with Crippen LogP contribution in [0.25, 0.3) is 0 Å². The standard InChI is InChI=1S/C11H13F4N/c1-7(12)2-3-8-4-5-9(16)6-10(8)11(13,14)15/h2,4-5,10H,3,6,16H2,1H3/b7-2+. The SMILES string of the molecule is C/C(F)=C\CC1=CC=C(N)CC1C(F)(F)F. The first-order chi connectivity index (χ1) is 7.30. The molecule has 0 heterocycles. The summed E-state index contributed by atoms with van der Waals surface area (Å²) < 4.78 is 50.4. The van der Waals surface area contributed by atoms with Crippen molar-refractivity contribution in [2.24, 2.45) is 11.7 Å². The summed E-state index contributed by atoms with van der Waals surface area (Å²) in [5.74, 6) is -2.07. The molecular formula is C11H13F4N. The van der Waals surface area contributed by atoms with E-state index in [2.05, 4.69) is 0 Å². The molecule has 0 amide bonds. The minimum Gasteiger partial charge on any atom is -0.402 e. The zero-order chi connectivity index (χ0) is 12.3. The molecule has 2 N–H and O–H groups in total. The topological polar surface area (TPSA) is 26.0 Å². The van der Waals surface area contributed by atoms with E-state index in [1.165, 1.54) is 19.1 Å². The van der Waals surface area contributed by atoms with Gasteiger partial charge >= 0.3 is 6.18 Å². The van der Waals surface area contributed by atoms with Crippen LogP contribution in [0.3, 0.4) is 0 Å². The molecule has 0 aromatic heterocycles. The summed E-state index contributed by atoms with van der Waals surface area (Å²) in [4.78, 5) is 0. The van der Waals surface area contributed by atoms with E-state index in [0.717, 1.165) is 6.08 Å². The van der Waals surface area contributed by atoms with Crippen molar-refractivity contribution in [3.05, 3.63) is 35.3 Å². The maximum atomic E-state index is 12.7. The fraction of sp³-hybridized carbons (Fsp3) is 0.455. The van der Waals surface area contributed by atoms with Gasteiger partial charge in [-0.05, 0) is 25.5 Å². The fourth-order valence-corrected chi connectivity index (χ4v) is 1.56. The third-order valence-electron chi connectivity index (χ3n) is 2.41. The second-order valence-corrected chi connectivity index (χ2v) is 3.78. The normalized spacial score (nSPS) is 22.8. The van der Waals surface area contributed by atoms with E-state index in [9.17, 15) is 17.6 Å². The first-order valence-corrected chi connectivity index (χ1v) is 4.84. The summed E-state index contributed by atoms with van der Waals surface area (Å²) >= 11 is 0. The summed E-state index contributed by atoms with van der Waals surface area (Å²) in [6.45, 7) is 1.20. The Balaban J connectivity index is 2.88. The van der Waals surface area contributed by atoms with Gasteiger partial charge in [-0.2, -0.15) is 13.2 Å². The highest BCUT2D eigenvalue weighted by Gasteiger charge is 2.42. The van der Waals surface area contributed by atoms with Gasteiger partial charge in [0, 0.05) is 12.1 Å². The minimum absolute atomic E-state index is 0.0315. The van der Waals surface area contributed by atoms with Gasteiger partial charge in [-0.25, -0.2) is 4.39 Å². The van der Waals surface area contributed by atoms with Gasteiger partial charge in [0.15, 0.2) is 0 Å². The van der Waals surface area contributed by atoms with Crippen LogP contribution in [-0.4, -0.2) is 6.18 Å². The van der Waals surface area contributed by atoms with Crippen LogP contribution >= 0.6 is 0 Å². The number of hydrogen-bond donors (Lipinski definition) is 1. The second kappa shape index (κ2) is 4.72. The Hall–Kier alpha value is -1.26. The molecule has 0 fully saturated rings. The van der Waals surface area contributed by atoms with Crippen molar-refractivity contribution in [2.75, 3.05) is 0 Å².